The van der Waals surface area contributed by atoms with E-state index in [2.05, 4.69) is 44.8 Å². The number of nitrogens with one attached hydrogen (secondary N) is 1. The molecule has 7 nitrogen and oxygen atoms in total. The molecule has 0 bridgehead atoms. The Morgan fingerprint density at radius 1 is 1.00 bits per heavy atom. The molecule has 150 valence electrons. The number of amides is 1. The summed E-state index contributed by atoms with van der Waals surface area (Å²) >= 11 is 0. The van der Waals surface area contributed by atoms with E-state index < -0.39 is 0 Å². The number of aryl methyl sites for hydroxylation is 1. The van der Waals surface area contributed by atoms with Crippen molar-refractivity contribution in [2.45, 2.75) is 38.9 Å². The molecule has 2 heterocycles. The second-order valence-corrected chi connectivity index (χ2v) is 7.46. The molecule has 1 aliphatic heterocycles. The lowest BCUT2D eigenvalue weighted by atomic mass is 10.1. The van der Waals surface area contributed by atoms with E-state index >= 15 is 0 Å². The zero-order valence-electron chi connectivity index (χ0n) is 16.4. The van der Waals surface area contributed by atoms with E-state index in [1.807, 2.05) is 6.07 Å². The topological polar surface area (TPSA) is 80.1 Å². The van der Waals surface area contributed by atoms with Crippen molar-refractivity contribution in [2.75, 3.05) is 13.1 Å². The van der Waals surface area contributed by atoms with Gasteiger partial charge in [-0.2, -0.15) is 0 Å². The first-order valence-corrected chi connectivity index (χ1v) is 10.1. The average Bonchev–Trinajstić information content (AvgIpc) is 3.26. The standard InChI is InChI=1S/C22H25N5O2/c28-21(11-14-27-22(29)19-5-1-2-6-20(19)24-25-27)23-15-17-7-9-18(10-8-17)16-26-12-3-4-13-26/h1-2,5-10H,3-4,11-16H2,(H,23,28). The normalized spacial score (nSPS) is 14.3. The highest BCUT2D eigenvalue weighted by atomic mass is 16.2. The third-order valence-corrected chi connectivity index (χ3v) is 5.30. The summed E-state index contributed by atoms with van der Waals surface area (Å²) in [4.78, 5) is 27.0. The van der Waals surface area contributed by atoms with Gasteiger partial charge in [0, 0.05) is 19.5 Å². The van der Waals surface area contributed by atoms with Crippen molar-refractivity contribution in [3.63, 3.8) is 0 Å². The molecule has 0 aliphatic carbocycles. The Kier molecular flexibility index (Phi) is 5.95. The van der Waals surface area contributed by atoms with Crippen LogP contribution in [0.25, 0.3) is 10.9 Å². The van der Waals surface area contributed by atoms with Crippen LogP contribution in [0.4, 0.5) is 0 Å². The predicted octanol–water partition coefficient (Wildman–Crippen LogP) is 2.09. The Labute approximate surface area is 169 Å². The molecule has 3 aromatic rings. The van der Waals surface area contributed by atoms with Crippen LogP contribution in [0.1, 0.15) is 30.4 Å². The molecule has 1 amide bonds. The number of aromatic nitrogens is 3. The molecule has 1 fully saturated rings. The summed E-state index contributed by atoms with van der Waals surface area (Å²) in [7, 11) is 0. The molecule has 0 unspecified atom stereocenters. The molecule has 1 saturated heterocycles. The second kappa shape index (κ2) is 8.96. The van der Waals surface area contributed by atoms with Crippen molar-refractivity contribution in [3.05, 3.63) is 70.0 Å². The maximum Gasteiger partial charge on any atom is 0.277 e. The zero-order valence-corrected chi connectivity index (χ0v) is 16.4. The van der Waals surface area contributed by atoms with Crippen LogP contribution in [0.3, 0.4) is 0 Å². The fourth-order valence-electron chi connectivity index (χ4n) is 3.63. The molecule has 1 N–H and O–H groups in total. The van der Waals surface area contributed by atoms with Crippen molar-refractivity contribution >= 4 is 16.8 Å². The molecule has 1 aliphatic rings. The minimum atomic E-state index is -0.225. The van der Waals surface area contributed by atoms with Crippen LogP contribution < -0.4 is 10.9 Å². The van der Waals surface area contributed by atoms with Crippen molar-refractivity contribution in [3.8, 4) is 0 Å². The molecular formula is C22H25N5O2. The first kappa shape index (κ1) is 19.3. The number of hydrogen-bond donors (Lipinski definition) is 1. The number of hydrogen-bond acceptors (Lipinski definition) is 5. The summed E-state index contributed by atoms with van der Waals surface area (Å²) in [6.45, 7) is 4.04. The third kappa shape index (κ3) is 4.86. The summed E-state index contributed by atoms with van der Waals surface area (Å²) in [5.41, 5.74) is 2.70. The van der Waals surface area contributed by atoms with Gasteiger partial charge < -0.3 is 5.32 Å². The lowest BCUT2D eigenvalue weighted by Crippen LogP contribution is -2.29. The Balaban J connectivity index is 1.27. The van der Waals surface area contributed by atoms with E-state index in [-0.39, 0.29) is 24.4 Å². The van der Waals surface area contributed by atoms with Crippen molar-refractivity contribution < 1.29 is 4.79 Å². The van der Waals surface area contributed by atoms with E-state index in [1.54, 1.807) is 18.2 Å². The van der Waals surface area contributed by atoms with Gasteiger partial charge in [-0.25, -0.2) is 4.68 Å². The molecule has 7 heteroatoms. The van der Waals surface area contributed by atoms with E-state index in [4.69, 9.17) is 0 Å². The van der Waals surface area contributed by atoms with Crippen LogP contribution in [-0.4, -0.2) is 38.9 Å². The van der Waals surface area contributed by atoms with Crippen LogP contribution in [0, 0.1) is 0 Å². The predicted molar refractivity (Wildman–Crippen MR) is 111 cm³/mol. The van der Waals surface area contributed by atoms with Gasteiger partial charge in [-0.1, -0.05) is 41.6 Å². The number of carbonyl (C=O) groups is 1. The first-order valence-electron chi connectivity index (χ1n) is 10.1. The van der Waals surface area contributed by atoms with E-state index in [0.717, 1.165) is 12.1 Å². The van der Waals surface area contributed by atoms with Gasteiger partial charge in [0.15, 0.2) is 0 Å². The van der Waals surface area contributed by atoms with Gasteiger partial charge in [0.2, 0.25) is 5.91 Å². The maximum atomic E-state index is 12.4. The highest BCUT2D eigenvalue weighted by molar-refractivity contribution is 5.77. The number of benzene rings is 2. The Hall–Kier alpha value is -3.06. The summed E-state index contributed by atoms with van der Waals surface area (Å²) in [6.07, 6.45) is 2.77. The van der Waals surface area contributed by atoms with E-state index in [1.165, 1.54) is 36.2 Å². The smallest absolute Gasteiger partial charge is 0.277 e. The molecular weight excluding hydrogens is 366 g/mol. The third-order valence-electron chi connectivity index (χ3n) is 5.30. The van der Waals surface area contributed by atoms with Gasteiger partial charge in [-0.05, 0) is 49.2 Å². The van der Waals surface area contributed by atoms with Gasteiger partial charge >= 0.3 is 0 Å². The van der Waals surface area contributed by atoms with E-state index in [0.29, 0.717) is 17.4 Å². The zero-order chi connectivity index (χ0) is 20.1. The molecule has 1 aromatic heterocycles. The average molecular weight is 391 g/mol. The SMILES string of the molecule is O=C(CCn1nnc2ccccc2c1=O)NCc1ccc(CN2CCCC2)cc1. The van der Waals surface area contributed by atoms with Crippen LogP contribution in [0.2, 0.25) is 0 Å². The quantitative estimate of drug-likeness (QED) is 0.667. The fraction of sp³-hybridized carbons (Fsp3) is 0.364. The largest absolute Gasteiger partial charge is 0.352 e. The minimum absolute atomic E-state index is 0.118. The Bertz CT molecular complexity index is 1040. The highest BCUT2D eigenvalue weighted by Gasteiger charge is 2.11. The number of carbonyl (C=O) groups excluding carboxylic acids is 1. The highest BCUT2D eigenvalue weighted by Crippen LogP contribution is 2.13. The van der Waals surface area contributed by atoms with Gasteiger partial charge in [-0.15, -0.1) is 5.10 Å². The number of rotatable bonds is 7. The van der Waals surface area contributed by atoms with E-state index in [9.17, 15) is 9.59 Å². The maximum absolute atomic E-state index is 12.4. The molecule has 4 rings (SSSR count). The van der Waals surface area contributed by atoms with Gasteiger partial charge in [0.1, 0.15) is 5.52 Å². The summed E-state index contributed by atoms with van der Waals surface area (Å²) < 4.78 is 1.25. The Morgan fingerprint density at radius 2 is 1.72 bits per heavy atom. The number of nitrogens with zero attached hydrogens (tertiary/aromatic N) is 4. The van der Waals surface area contributed by atoms with Gasteiger partial charge in [-0.3, -0.25) is 14.5 Å². The lowest BCUT2D eigenvalue weighted by Gasteiger charge is -2.14. The molecule has 2 aromatic carbocycles. The molecule has 0 spiro atoms. The second-order valence-electron chi connectivity index (χ2n) is 7.46. The molecule has 0 radical (unpaired) electrons. The minimum Gasteiger partial charge on any atom is -0.352 e. The number of fused-ring (bicyclic) bond motifs is 1. The van der Waals surface area contributed by atoms with Crippen LogP contribution in [-0.2, 0) is 24.4 Å². The lowest BCUT2D eigenvalue weighted by molar-refractivity contribution is -0.121. The molecule has 0 saturated carbocycles. The molecule has 0 atom stereocenters. The first-order chi connectivity index (χ1) is 14.2. The monoisotopic (exact) mass is 391 g/mol. The molecule has 29 heavy (non-hydrogen) atoms. The van der Waals surface area contributed by atoms with Crippen molar-refractivity contribution in [1.29, 1.82) is 0 Å². The van der Waals surface area contributed by atoms with Gasteiger partial charge in [0.05, 0.1) is 11.9 Å². The Morgan fingerprint density at radius 3 is 2.52 bits per heavy atom. The summed E-state index contributed by atoms with van der Waals surface area (Å²) in [5.74, 6) is -0.118. The van der Waals surface area contributed by atoms with Crippen LogP contribution in [0.15, 0.2) is 53.3 Å². The summed E-state index contributed by atoms with van der Waals surface area (Å²) in [5, 5.41) is 11.4. The van der Waals surface area contributed by atoms with Crippen molar-refractivity contribution in [1.82, 2.24) is 25.2 Å². The van der Waals surface area contributed by atoms with Crippen LogP contribution >= 0.6 is 0 Å². The van der Waals surface area contributed by atoms with Gasteiger partial charge in [0.25, 0.3) is 5.56 Å². The van der Waals surface area contributed by atoms with Crippen molar-refractivity contribution in [2.24, 2.45) is 0 Å². The fourth-order valence-corrected chi connectivity index (χ4v) is 3.63. The number of likely N-dealkylation sites (tertiary alicyclic amines) is 1. The van der Waals surface area contributed by atoms with Crippen LogP contribution in [0.5, 0.6) is 0 Å². The summed E-state index contributed by atoms with van der Waals surface area (Å²) in [6, 6.07) is 15.4.